The zero-order valence-corrected chi connectivity index (χ0v) is 13.4. The predicted octanol–water partition coefficient (Wildman–Crippen LogP) is 4.51. The van der Waals surface area contributed by atoms with Crippen LogP contribution < -0.4 is 10.1 Å². The monoisotopic (exact) mass is 333 g/mol. The van der Waals surface area contributed by atoms with Crippen LogP contribution >= 0.6 is 15.9 Å². The van der Waals surface area contributed by atoms with Gasteiger partial charge < -0.3 is 10.1 Å². The van der Waals surface area contributed by atoms with Crippen LogP contribution in [0.2, 0.25) is 0 Å². The fraction of sp³-hybridized carbons (Fsp3) is 0.412. The normalized spacial score (nSPS) is 22.3. The highest BCUT2D eigenvalue weighted by atomic mass is 79.9. The van der Waals surface area contributed by atoms with Crippen molar-refractivity contribution >= 4 is 26.7 Å². The number of benzene rings is 2. The molecule has 1 N–H and O–H groups in total. The molecular formula is C17H20BrNO. The van der Waals surface area contributed by atoms with E-state index in [1.54, 1.807) is 0 Å². The lowest BCUT2D eigenvalue weighted by Crippen LogP contribution is -2.44. The summed E-state index contributed by atoms with van der Waals surface area (Å²) in [6.45, 7) is 4.11. The van der Waals surface area contributed by atoms with Crippen LogP contribution in [0.3, 0.4) is 0 Å². The molecule has 0 unspecified atom stereocenters. The summed E-state index contributed by atoms with van der Waals surface area (Å²) in [6.07, 6.45) is 3.58. The van der Waals surface area contributed by atoms with Gasteiger partial charge in [-0.2, -0.15) is 0 Å². The van der Waals surface area contributed by atoms with Gasteiger partial charge in [-0.25, -0.2) is 0 Å². The van der Waals surface area contributed by atoms with Gasteiger partial charge in [0.2, 0.25) is 0 Å². The van der Waals surface area contributed by atoms with Gasteiger partial charge in [-0.05, 0) is 60.8 Å². The molecule has 0 amide bonds. The molecule has 2 aromatic rings. The van der Waals surface area contributed by atoms with E-state index < -0.39 is 0 Å². The Morgan fingerprint density at radius 3 is 2.75 bits per heavy atom. The highest BCUT2D eigenvalue weighted by molar-refractivity contribution is 9.10. The van der Waals surface area contributed by atoms with E-state index in [0.717, 1.165) is 29.8 Å². The fourth-order valence-corrected chi connectivity index (χ4v) is 3.28. The summed E-state index contributed by atoms with van der Waals surface area (Å²) in [6, 6.07) is 12.6. The summed E-state index contributed by atoms with van der Waals surface area (Å²) in [4.78, 5) is 0. The number of hydrogen-bond acceptors (Lipinski definition) is 2. The van der Waals surface area contributed by atoms with E-state index in [4.69, 9.17) is 4.74 Å². The van der Waals surface area contributed by atoms with E-state index in [9.17, 15) is 0 Å². The molecule has 0 bridgehead atoms. The van der Waals surface area contributed by atoms with Crippen molar-refractivity contribution in [3.8, 4) is 5.75 Å². The Morgan fingerprint density at radius 1 is 1.20 bits per heavy atom. The van der Waals surface area contributed by atoms with Crippen molar-refractivity contribution in [2.45, 2.75) is 31.7 Å². The van der Waals surface area contributed by atoms with Crippen LogP contribution in [-0.2, 0) is 0 Å². The predicted molar refractivity (Wildman–Crippen MR) is 87.4 cm³/mol. The molecule has 3 heteroatoms. The van der Waals surface area contributed by atoms with E-state index in [0.29, 0.717) is 0 Å². The molecule has 1 aliphatic rings. The maximum absolute atomic E-state index is 6.05. The first-order valence-electron chi connectivity index (χ1n) is 7.28. The van der Waals surface area contributed by atoms with Crippen molar-refractivity contribution in [3.63, 3.8) is 0 Å². The van der Waals surface area contributed by atoms with Crippen molar-refractivity contribution < 1.29 is 4.74 Å². The first-order chi connectivity index (χ1) is 9.71. The van der Waals surface area contributed by atoms with E-state index in [2.05, 4.69) is 64.6 Å². The number of hydrogen-bond donors (Lipinski definition) is 1. The minimum Gasteiger partial charge on any atom is -0.492 e. The number of ether oxygens (including phenoxy) is 1. The van der Waals surface area contributed by atoms with Gasteiger partial charge in [0.05, 0.1) is 5.54 Å². The zero-order chi connectivity index (χ0) is 14.0. The molecule has 0 radical (unpaired) electrons. The summed E-state index contributed by atoms with van der Waals surface area (Å²) in [7, 11) is 0. The second-order valence-corrected chi connectivity index (χ2v) is 6.52. The molecule has 106 valence electrons. The quantitative estimate of drug-likeness (QED) is 0.888. The van der Waals surface area contributed by atoms with Gasteiger partial charge >= 0.3 is 0 Å². The average molecular weight is 334 g/mol. The van der Waals surface area contributed by atoms with E-state index in [1.165, 1.54) is 23.6 Å². The van der Waals surface area contributed by atoms with Crippen LogP contribution in [0.25, 0.3) is 10.8 Å². The van der Waals surface area contributed by atoms with Crippen molar-refractivity contribution in [2.24, 2.45) is 0 Å². The average Bonchev–Trinajstić information content (AvgIpc) is 2.94. The maximum Gasteiger partial charge on any atom is 0.120 e. The topological polar surface area (TPSA) is 21.3 Å². The molecule has 1 heterocycles. The Balaban J connectivity index is 1.76. The lowest BCUT2D eigenvalue weighted by molar-refractivity contribution is 0.193. The first kappa shape index (κ1) is 13.9. The van der Waals surface area contributed by atoms with Crippen LogP contribution in [0.15, 0.2) is 40.9 Å². The Morgan fingerprint density at radius 2 is 2.00 bits per heavy atom. The largest absolute Gasteiger partial charge is 0.492 e. The Labute approximate surface area is 128 Å². The summed E-state index contributed by atoms with van der Waals surface area (Å²) in [5, 5.41) is 6.05. The van der Waals surface area contributed by atoms with Crippen molar-refractivity contribution in [1.29, 1.82) is 0 Å². The minimum absolute atomic E-state index is 0.175. The van der Waals surface area contributed by atoms with Crippen LogP contribution in [0.4, 0.5) is 0 Å². The summed E-state index contributed by atoms with van der Waals surface area (Å²) in [5.74, 6) is 0.960. The fourth-order valence-electron chi connectivity index (χ4n) is 2.90. The lowest BCUT2D eigenvalue weighted by Gasteiger charge is -2.28. The second kappa shape index (κ2) is 5.74. The SMILES string of the molecule is CC[C@@]1(COc2ccc3cc(Br)ccc3c2)CCCN1. The summed E-state index contributed by atoms with van der Waals surface area (Å²) < 4.78 is 7.16. The van der Waals surface area contributed by atoms with Crippen LogP contribution in [-0.4, -0.2) is 18.7 Å². The third-order valence-corrected chi connectivity index (χ3v) is 4.79. The van der Waals surface area contributed by atoms with Crippen LogP contribution in [0.1, 0.15) is 26.2 Å². The van der Waals surface area contributed by atoms with Crippen LogP contribution in [0, 0.1) is 0 Å². The van der Waals surface area contributed by atoms with Gasteiger partial charge in [-0.15, -0.1) is 0 Å². The minimum atomic E-state index is 0.175. The molecule has 2 aromatic carbocycles. The molecule has 0 spiro atoms. The maximum atomic E-state index is 6.05. The third-order valence-electron chi connectivity index (χ3n) is 4.30. The number of nitrogens with one attached hydrogen (secondary N) is 1. The molecule has 1 fully saturated rings. The third kappa shape index (κ3) is 2.84. The Hall–Kier alpha value is -1.06. The molecule has 0 aliphatic carbocycles. The lowest BCUT2D eigenvalue weighted by atomic mass is 9.95. The Bertz CT molecular complexity index is 605. The highest BCUT2D eigenvalue weighted by Gasteiger charge is 2.32. The van der Waals surface area contributed by atoms with E-state index in [-0.39, 0.29) is 5.54 Å². The molecule has 0 saturated carbocycles. The molecule has 20 heavy (non-hydrogen) atoms. The molecule has 2 nitrogen and oxygen atoms in total. The van der Waals surface area contributed by atoms with E-state index in [1.807, 2.05) is 0 Å². The summed E-state index contributed by atoms with van der Waals surface area (Å²) >= 11 is 3.50. The van der Waals surface area contributed by atoms with Gasteiger partial charge in [0.25, 0.3) is 0 Å². The van der Waals surface area contributed by atoms with Crippen molar-refractivity contribution in [3.05, 3.63) is 40.9 Å². The molecule has 1 saturated heterocycles. The molecule has 1 aliphatic heterocycles. The number of fused-ring (bicyclic) bond motifs is 1. The molecular weight excluding hydrogens is 314 g/mol. The smallest absolute Gasteiger partial charge is 0.120 e. The van der Waals surface area contributed by atoms with Crippen molar-refractivity contribution in [1.82, 2.24) is 5.32 Å². The van der Waals surface area contributed by atoms with Gasteiger partial charge in [0.15, 0.2) is 0 Å². The number of rotatable bonds is 4. The Kier molecular flexibility index (Phi) is 3.99. The summed E-state index contributed by atoms with van der Waals surface area (Å²) in [5.41, 5.74) is 0.175. The molecule has 3 rings (SSSR count). The standard InChI is InChI=1S/C17H20BrNO/c1-2-17(8-3-9-19-17)12-20-16-7-5-13-10-15(18)6-4-14(13)11-16/h4-7,10-11,19H,2-3,8-9,12H2,1H3/t17-/m0/s1. The number of halogens is 1. The first-order valence-corrected chi connectivity index (χ1v) is 8.07. The highest BCUT2D eigenvalue weighted by Crippen LogP contribution is 2.27. The van der Waals surface area contributed by atoms with Gasteiger partial charge in [0, 0.05) is 4.47 Å². The van der Waals surface area contributed by atoms with Crippen LogP contribution in [0.5, 0.6) is 5.75 Å². The molecule has 1 atom stereocenters. The zero-order valence-electron chi connectivity index (χ0n) is 11.8. The second-order valence-electron chi connectivity index (χ2n) is 5.61. The van der Waals surface area contributed by atoms with Crippen molar-refractivity contribution in [2.75, 3.05) is 13.2 Å². The molecule has 0 aromatic heterocycles. The van der Waals surface area contributed by atoms with Gasteiger partial charge in [0.1, 0.15) is 12.4 Å². The van der Waals surface area contributed by atoms with Gasteiger partial charge in [-0.3, -0.25) is 0 Å². The van der Waals surface area contributed by atoms with Gasteiger partial charge in [-0.1, -0.05) is 35.0 Å². The van der Waals surface area contributed by atoms with E-state index >= 15 is 0 Å².